The SMILES string of the molecule is Cc1cccc(C=CC(=O)N2CCN(Cc3ccncc3)CC2)c1. The fourth-order valence-corrected chi connectivity index (χ4v) is 2.92. The van der Waals surface area contributed by atoms with Crippen molar-refractivity contribution in [2.75, 3.05) is 26.2 Å². The molecule has 0 bridgehead atoms. The number of hydrogen-bond acceptors (Lipinski definition) is 3. The average Bonchev–Trinajstić information content (AvgIpc) is 2.61. The number of aryl methyl sites for hydroxylation is 1. The van der Waals surface area contributed by atoms with Crippen LogP contribution in [0.25, 0.3) is 6.08 Å². The highest BCUT2D eigenvalue weighted by Gasteiger charge is 2.19. The van der Waals surface area contributed by atoms with Gasteiger partial charge in [0.05, 0.1) is 0 Å². The van der Waals surface area contributed by atoms with E-state index in [-0.39, 0.29) is 5.91 Å². The van der Waals surface area contributed by atoms with Crippen molar-refractivity contribution in [1.82, 2.24) is 14.8 Å². The summed E-state index contributed by atoms with van der Waals surface area (Å²) in [5.74, 6) is 0.0973. The standard InChI is InChI=1S/C20H23N3O/c1-17-3-2-4-18(15-17)5-6-20(24)23-13-11-22(12-14-23)16-19-7-9-21-10-8-19/h2-10,15H,11-14,16H2,1H3. The lowest BCUT2D eigenvalue weighted by molar-refractivity contribution is -0.127. The Morgan fingerprint density at radius 2 is 1.88 bits per heavy atom. The van der Waals surface area contributed by atoms with Gasteiger partial charge in [-0.15, -0.1) is 0 Å². The zero-order chi connectivity index (χ0) is 16.8. The lowest BCUT2D eigenvalue weighted by Crippen LogP contribution is -2.47. The molecule has 0 atom stereocenters. The molecule has 0 saturated carbocycles. The van der Waals surface area contributed by atoms with E-state index in [0.29, 0.717) is 0 Å². The molecule has 1 aromatic carbocycles. The maximum atomic E-state index is 12.3. The van der Waals surface area contributed by atoms with Crippen LogP contribution in [0.3, 0.4) is 0 Å². The van der Waals surface area contributed by atoms with Crippen LogP contribution in [0.2, 0.25) is 0 Å². The van der Waals surface area contributed by atoms with Crippen molar-refractivity contribution in [2.24, 2.45) is 0 Å². The zero-order valence-electron chi connectivity index (χ0n) is 14.1. The lowest BCUT2D eigenvalue weighted by Gasteiger charge is -2.34. The topological polar surface area (TPSA) is 36.4 Å². The molecule has 0 spiro atoms. The number of benzene rings is 1. The van der Waals surface area contributed by atoms with Crippen molar-refractivity contribution in [2.45, 2.75) is 13.5 Å². The zero-order valence-corrected chi connectivity index (χ0v) is 14.1. The molecular formula is C20H23N3O. The van der Waals surface area contributed by atoms with Crippen LogP contribution in [-0.4, -0.2) is 46.9 Å². The first-order valence-corrected chi connectivity index (χ1v) is 8.35. The molecule has 2 aromatic rings. The summed E-state index contributed by atoms with van der Waals surface area (Å²) in [4.78, 5) is 20.7. The average molecular weight is 321 g/mol. The molecule has 0 unspecified atom stereocenters. The van der Waals surface area contributed by atoms with Crippen molar-refractivity contribution in [3.63, 3.8) is 0 Å². The number of pyridine rings is 1. The number of carbonyl (C=O) groups excluding carboxylic acids is 1. The largest absolute Gasteiger partial charge is 0.337 e. The number of rotatable bonds is 4. The van der Waals surface area contributed by atoms with Gasteiger partial charge in [0.15, 0.2) is 0 Å². The van der Waals surface area contributed by atoms with E-state index in [9.17, 15) is 4.79 Å². The molecule has 3 rings (SSSR count). The van der Waals surface area contributed by atoms with Crippen LogP contribution in [0.15, 0.2) is 54.9 Å². The van der Waals surface area contributed by atoms with Crippen LogP contribution in [0, 0.1) is 6.92 Å². The summed E-state index contributed by atoms with van der Waals surface area (Å²) in [7, 11) is 0. The van der Waals surface area contributed by atoms with E-state index in [2.05, 4.69) is 28.9 Å². The van der Waals surface area contributed by atoms with Gasteiger partial charge in [-0.2, -0.15) is 0 Å². The summed E-state index contributed by atoms with van der Waals surface area (Å²) in [6.45, 7) is 6.35. The molecule has 1 aliphatic heterocycles. The molecule has 124 valence electrons. The Labute approximate surface area is 143 Å². The molecule has 4 heteroatoms. The molecule has 1 fully saturated rings. The maximum Gasteiger partial charge on any atom is 0.246 e. The lowest BCUT2D eigenvalue weighted by atomic mass is 10.1. The predicted octanol–water partition coefficient (Wildman–Crippen LogP) is 2.75. The van der Waals surface area contributed by atoms with Crippen molar-refractivity contribution >= 4 is 12.0 Å². The first-order valence-electron chi connectivity index (χ1n) is 8.35. The summed E-state index contributed by atoms with van der Waals surface area (Å²) in [6, 6.07) is 12.3. The van der Waals surface area contributed by atoms with E-state index in [4.69, 9.17) is 0 Å². The van der Waals surface area contributed by atoms with Crippen LogP contribution in [0.4, 0.5) is 0 Å². The molecule has 0 aliphatic carbocycles. The van der Waals surface area contributed by atoms with Gasteiger partial charge in [-0.3, -0.25) is 14.7 Å². The minimum absolute atomic E-state index is 0.0973. The molecule has 1 amide bonds. The van der Waals surface area contributed by atoms with Crippen LogP contribution in [-0.2, 0) is 11.3 Å². The Hall–Kier alpha value is -2.46. The predicted molar refractivity (Wildman–Crippen MR) is 96.3 cm³/mol. The normalized spacial score (nSPS) is 15.8. The van der Waals surface area contributed by atoms with E-state index in [1.165, 1.54) is 11.1 Å². The molecule has 0 radical (unpaired) electrons. The number of hydrogen-bond donors (Lipinski definition) is 0. The minimum Gasteiger partial charge on any atom is -0.337 e. The summed E-state index contributed by atoms with van der Waals surface area (Å²) in [5.41, 5.74) is 3.54. The molecule has 2 heterocycles. The van der Waals surface area contributed by atoms with Crippen LogP contribution < -0.4 is 0 Å². The van der Waals surface area contributed by atoms with Gasteiger partial charge in [0.2, 0.25) is 5.91 Å². The van der Waals surface area contributed by atoms with Crippen molar-refractivity contribution < 1.29 is 4.79 Å². The van der Waals surface area contributed by atoms with Crippen LogP contribution in [0.1, 0.15) is 16.7 Å². The second-order valence-electron chi connectivity index (χ2n) is 6.20. The molecule has 1 aromatic heterocycles. The summed E-state index contributed by atoms with van der Waals surface area (Å²) < 4.78 is 0. The number of piperazine rings is 1. The molecular weight excluding hydrogens is 298 g/mol. The number of nitrogens with zero attached hydrogens (tertiary/aromatic N) is 3. The second kappa shape index (κ2) is 7.88. The Kier molecular flexibility index (Phi) is 5.39. The van der Waals surface area contributed by atoms with E-state index in [1.54, 1.807) is 6.08 Å². The Balaban J connectivity index is 1.50. The van der Waals surface area contributed by atoms with Gasteiger partial charge in [0, 0.05) is 51.2 Å². The number of aromatic nitrogens is 1. The smallest absolute Gasteiger partial charge is 0.246 e. The fraction of sp³-hybridized carbons (Fsp3) is 0.300. The Morgan fingerprint density at radius 1 is 1.12 bits per heavy atom. The van der Waals surface area contributed by atoms with Gasteiger partial charge >= 0.3 is 0 Å². The van der Waals surface area contributed by atoms with E-state index >= 15 is 0 Å². The third kappa shape index (κ3) is 4.52. The molecule has 1 saturated heterocycles. The fourth-order valence-electron chi connectivity index (χ4n) is 2.92. The Morgan fingerprint density at radius 3 is 2.58 bits per heavy atom. The number of carbonyl (C=O) groups is 1. The quantitative estimate of drug-likeness (QED) is 0.813. The van der Waals surface area contributed by atoms with Crippen LogP contribution >= 0.6 is 0 Å². The van der Waals surface area contributed by atoms with Crippen LogP contribution in [0.5, 0.6) is 0 Å². The van der Waals surface area contributed by atoms with E-state index in [0.717, 1.165) is 38.3 Å². The minimum atomic E-state index is 0.0973. The highest BCUT2D eigenvalue weighted by Crippen LogP contribution is 2.10. The number of amides is 1. The van der Waals surface area contributed by atoms with Gasteiger partial charge in [0.1, 0.15) is 0 Å². The second-order valence-corrected chi connectivity index (χ2v) is 6.20. The van der Waals surface area contributed by atoms with Crippen molar-refractivity contribution in [1.29, 1.82) is 0 Å². The molecule has 1 aliphatic rings. The first-order chi connectivity index (χ1) is 11.7. The molecule has 4 nitrogen and oxygen atoms in total. The van der Waals surface area contributed by atoms with Gasteiger partial charge in [0.25, 0.3) is 0 Å². The highest BCUT2D eigenvalue weighted by atomic mass is 16.2. The monoisotopic (exact) mass is 321 g/mol. The third-order valence-electron chi connectivity index (χ3n) is 4.30. The van der Waals surface area contributed by atoms with Crippen molar-refractivity contribution in [3.05, 3.63) is 71.6 Å². The van der Waals surface area contributed by atoms with Gasteiger partial charge in [-0.1, -0.05) is 29.8 Å². The third-order valence-corrected chi connectivity index (χ3v) is 4.30. The van der Waals surface area contributed by atoms with E-state index in [1.807, 2.05) is 47.6 Å². The highest BCUT2D eigenvalue weighted by molar-refractivity contribution is 5.91. The first kappa shape index (κ1) is 16.4. The summed E-state index contributed by atoms with van der Waals surface area (Å²) in [6.07, 6.45) is 7.24. The van der Waals surface area contributed by atoms with Gasteiger partial charge < -0.3 is 4.90 Å². The van der Waals surface area contributed by atoms with Crippen molar-refractivity contribution in [3.8, 4) is 0 Å². The molecule has 0 N–H and O–H groups in total. The van der Waals surface area contributed by atoms with Gasteiger partial charge in [-0.25, -0.2) is 0 Å². The Bertz CT molecular complexity index is 704. The summed E-state index contributed by atoms with van der Waals surface area (Å²) in [5, 5.41) is 0. The van der Waals surface area contributed by atoms with E-state index < -0.39 is 0 Å². The summed E-state index contributed by atoms with van der Waals surface area (Å²) >= 11 is 0. The molecule has 24 heavy (non-hydrogen) atoms. The maximum absolute atomic E-state index is 12.3. The van der Waals surface area contributed by atoms with Gasteiger partial charge in [-0.05, 0) is 36.3 Å².